The molecule has 1 atom stereocenters. The third-order valence-corrected chi connectivity index (χ3v) is 4.13. The molecule has 1 aliphatic rings. The van der Waals surface area contributed by atoms with Gasteiger partial charge in [0.15, 0.2) is 0 Å². The number of nitrogens with zero attached hydrogens (tertiary/aromatic N) is 4. The lowest BCUT2D eigenvalue weighted by molar-refractivity contribution is 0.0630. The first-order chi connectivity index (χ1) is 12.2. The average Bonchev–Trinajstić information content (AvgIpc) is 2.66. The molecule has 0 saturated carbocycles. The summed E-state index contributed by atoms with van der Waals surface area (Å²) in [5, 5.41) is 19.0. The molecule has 1 N–H and O–H groups in total. The zero-order chi connectivity index (χ0) is 17.6. The number of methoxy groups -OCH3 is 1. The number of benzene rings is 1. The third kappa shape index (κ3) is 4.24. The highest BCUT2D eigenvalue weighted by molar-refractivity contribution is 5.34. The van der Waals surface area contributed by atoms with Crippen molar-refractivity contribution in [1.29, 1.82) is 5.26 Å². The van der Waals surface area contributed by atoms with Crippen LogP contribution >= 0.6 is 0 Å². The summed E-state index contributed by atoms with van der Waals surface area (Å²) in [7, 11) is 1.60. The number of β-amino-alcohol motifs (C(OH)–C–C–N with tert-alkyl or cyclic N) is 1. The van der Waals surface area contributed by atoms with Crippen molar-refractivity contribution in [3.8, 4) is 17.7 Å². The molecule has 0 spiro atoms. The Labute approximate surface area is 146 Å². The summed E-state index contributed by atoms with van der Waals surface area (Å²) in [4.78, 5) is 10.6. The molecule has 0 aliphatic carbocycles. The van der Waals surface area contributed by atoms with Gasteiger partial charge in [0.25, 0.3) is 0 Å². The fourth-order valence-corrected chi connectivity index (χ4v) is 2.87. The van der Waals surface area contributed by atoms with Gasteiger partial charge in [0, 0.05) is 31.6 Å². The lowest BCUT2D eigenvalue weighted by atomic mass is 10.1. The predicted octanol–water partition coefficient (Wildman–Crippen LogP) is 1.15. The Kier molecular flexibility index (Phi) is 5.43. The van der Waals surface area contributed by atoms with Gasteiger partial charge in [-0.3, -0.25) is 4.90 Å². The molecule has 25 heavy (non-hydrogen) atoms. The molecule has 3 rings (SSSR count). The summed E-state index contributed by atoms with van der Waals surface area (Å²) >= 11 is 0. The minimum atomic E-state index is -0.618. The molecule has 1 aromatic heterocycles. The van der Waals surface area contributed by atoms with Gasteiger partial charge in [-0.15, -0.1) is 0 Å². The second-order valence-corrected chi connectivity index (χ2v) is 5.89. The molecule has 0 radical (unpaired) electrons. The monoisotopic (exact) mass is 340 g/mol. The lowest BCUT2D eigenvalue weighted by Crippen LogP contribution is -2.39. The smallest absolute Gasteiger partial charge is 0.220 e. The van der Waals surface area contributed by atoms with Crippen LogP contribution in [0.1, 0.15) is 16.8 Å². The normalized spacial score (nSPS) is 15.1. The quantitative estimate of drug-likeness (QED) is 0.843. The highest BCUT2D eigenvalue weighted by atomic mass is 16.5. The van der Waals surface area contributed by atoms with Crippen molar-refractivity contribution in [3.05, 3.63) is 47.4 Å². The molecule has 130 valence electrons. The van der Waals surface area contributed by atoms with Gasteiger partial charge in [-0.05, 0) is 24.3 Å². The SMILES string of the molecule is COc1ncnc2c1CN(CC(O)COc1ccc(C#N)cc1)CC2. The summed E-state index contributed by atoms with van der Waals surface area (Å²) in [6.07, 6.45) is 1.71. The summed E-state index contributed by atoms with van der Waals surface area (Å²) in [6, 6.07) is 8.89. The first kappa shape index (κ1) is 17.1. The number of fused-ring (bicyclic) bond motifs is 1. The summed E-state index contributed by atoms with van der Waals surface area (Å²) in [6.45, 7) is 2.15. The van der Waals surface area contributed by atoms with E-state index >= 15 is 0 Å². The Hall–Kier alpha value is -2.69. The number of nitriles is 1. The molecule has 0 fully saturated rings. The average molecular weight is 340 g/mol. The van der Waals surface area contributed by atoms with Gasteiger partial charge in [0.05, 0.1) is 24.4 Å². The van der Waals surface area contributed by atoms with E-state index in [1.54, 1.807) is 31.4 Å². The van der Waals surface area contributed by atoms with Gasteiger partial charge in [-0.2, -0.15) is 5.26 Å². The summed E-state index contributed by atoms with van der Waals surface area (Å²) < 4.78 is 10.9. The second kappa shape index (κ2) is 7.92. The molecule has 0 bridgehead atoms. The van der Waals surface area contributed by atoms with Crippen LogP contribution in [0.25, 0.3) is 0 Å². The van der Waals surface area contributed by atoms with Gasteiger partial charge >= 0.3 is 0 Å². The van der Waals surface area contributed by atoms with Crippen LogP contribution in [0, 0.1) is 11.3 Å². The number of hydrogen-bond acceptors (Lipinski definition) is 7. The van der Waals surface area contributed by atoms with Gasteiger partial charge < -0.3 is 14.6 Å². The van der Waals surface area contributed by atoms with Crippen molar-refractivity contribution in [1.82, 2.24) is 14.9 Å². The largest absolute Gasteiger partial charge is 0.491 e. The van der Waals surface area contributed by atoms with Crippen LogP contribution in [0.5, 0.6) is 11.6 Å². The number of hydrogen-bond donors (Lipinski definition) is 1. The van der Waals surface area contributed by atoms with Gasteiger partial charge in [0.1, 0.15) is 24.8 Å². The Morgan fingerprint density at radius 1 is 1.32 bits per heavy atom. The minimum Gasteiger partial charge on any atom is -0.491 e. The van der Waals surface area contributed by atoms with Crippen molar-refractivity contribution >= 4 is 0 Å². The number of ether oxygens (including phenoxy) is 2. The molecule has 7 nitrogen and oxygen atoms in total. The van der Waals surface area contributed by atoms with Crippen LogP contribution in [0.3, 0.4) is 0 Å². The molecule has 2 heterocycles. The van der Waals surface area contributed by atoms with Crippen molar-refractivity contribution in [2.45, 2.75) is 19.1 Å². The van der Waals surface area contributed by atoms with E-state index < -0.39 is 6.10 Å². The van der Waals surface area contributed by atoms with Crippen LogP contribution in [0.15, 0.2) is 30.6 Å². The third-order valence-electron chi connectivity index (χ3n) is 4.13. The van der Waals surface area contributed by atoms with Gasteiger partial charge in [0.2, 0.25) is 5.88 Å². The van der Waals surface area contributed by atoms with Crippen LogP contribution in [0.2, 0.25) is 0 Å². The van der Waals surface area contributed by atoms with E-state index in [9.17, 15) is 5.11 Å². The molecule has 1 aliphatic heterocycles. The summed E-state index contributed by atoms with van der Waals surface area (Å²) in [5.74, 6) is 1.23. The number of aromatic nitrogens is 2. The molecular weight excluding hydrogens is 320 g/mol. The summed E-state index contributed by atoms with van der Waals surface area (Å²) in [5.41, 5.74) is 2.57. The van der Waals surface area contributed by atoms with Crippen LogP contribution in [-0.2, 0) is 13.0 Å². The van der Waals surface area contributed by atoms with Crippen molar-refractivity contribution in [2.24, 2.45) is 0 Å². The predicted molar refractivity (Wildman–Crippen MR) is 90.2 cm³/mol. The van der Waals surface area contributed by atoms with Crippen LogP contribution in [0.4, 0.5) is 0 Å². The molecule has 2 aromatic rings. The first-order valence-corrected chi connectivity index (χ1v) is 8.09. The van der Waals surface area contributed by atoms with Gasteiger partial charge in [-0.25, -0.2) is 9.97 Å². The number of rotatable bonds is 6. The van der Waals surface area contributed by atoms with Crippen LogP contribution in [-0.4, -0.2) is 52.9 Å². The molecule has 1 unspecified atom stereocenters. The maximum Gasteiger partial charge on any atom is 0.220 e. The van der Waals surface area contributed by atoms with E-state index in [2.05, 4.69) is 20.9 Å². The van der Waals surface area contributed by atoms with Crippen molar-refractivity contribution in [2.75, 3.05) is 26.8 Å². The molecular formula is C18H20N4O3. The zero-order valence-electron chi connectivity index (χ0n) is 14.1. The van der Waals surface area contributed by atoms with E-state index in [4.69, 9.17) is 14.7 Å². The van der Waals surface area contributed by atoms with Crippen LogP contribution < -0.4 is 9.47 Å². The first-order valence-electron chi connectivity index (χ1n) is 8.09. The molecule has 7 heteroatoms. The maximum atomic E-state index is 10.3. The fourth-order valence-electron chi connectivity index (χ4n) is 2.87. The standard InChI is InChI=1S/C18H20N4O3/c1-24-18-16-10-22(7-6-17(16)20-12-21-18)9-14(23)11-25-15-4-2-13(8-19)3-5-15/h2-5,12,14,23H,6-7,9-11H2,1H3. The molecule has 0 saturated heterocycles. The van der Waals surface area contributed by atoms with E-state index in [-0.39, 0.29) is 6.61 Å². The lowest BCUT2D eigenvalue weighted by Gasteiger charge is -2.30. The minimum absolute atomic E-state index is 0.192. The maximum absolute atomic E-state index is 10.3. The van der Waals surface area contributed by atoms with E-state index in [0.717, 1.165) is 24.2 Å². The Morgan fingerprint density at radius 2 is 2.12 bits per heavy atom. The highest BCUT2D eigenvalue weighted by Gasteiger charge is 2.23. The molecule has 0 amide bonds. The van der Waals surface area contributed by atoms with Gasteiger partial charge in [-0.1, -0.05) is 0 Å². The second-order valence-electron chi connectivity index (χ2n) is 5.89. The van der Waals surface area contributed by atoms with Crippen molar-refractivity contribution in [3.63, 3.8) is 0 Å². The number of aliphatic hydroxyl groups is 1. The molecule has 1 aromatic carbocycles. The van der Waals surface area contributed by atoms with E-state index in [0.29, 0.717) is 30.3 Å². The topological polar surface area (TPSA) is 91.5 Å². The van der Waals surface area contributed by atoms with E-state index in [1.165, 1.54) is 6.33 Å². The van der Waals surface area contributed by atoms with E-state index in [1.807, 2.05) is 0 Å². The Balaban J connectivity index is 1.53. The van der Waals surface area contributed by atoms with Crippen molar-refractivity contribution < 1.29 is 14.6 Å². The highest BCUT2D eigenvalue weighted by Crippen LogP contribution is 2.24. The zero-order valence-corrected chi connectivity index (χ0v) is 14.1. The fraction of sp³-hybridized carbons (Fsp3) is 0.389. The Bertz CT molecular complexity index is 744. The number of aliphatic hydroxyl groups excluding tert-OH is 1. The Morgan fingerprint density at radius 3 is 2.84 bits per heavy atom.